The molecule has 1 aliphatic rings. The van der Waals surface area contributed by atoms with Gasteiger partial charge in [0.2, 0.25) is 0 Å². The van der Waals surface area contributed by atoms with E-state index in [0.717, 1.165) is 0 Å². The van der Waals surface area contributed by atoms with Crippen LogP contribution < -0.4 is 0 Å². The lowest BCUT2D eigenvalue weighted by Gasteiger charge is -2.46. The van der Waals surface area contributed by atoms with Gasteiger partial charge in [-0.3, -0.25) is 9.59 Å². The number of rotatable bonds is 20. The number of ether oxygens (including phenoxy) is 1. The van der Waals surface area contributed by atoms with E-state index < -0.39 is 62.9 Å². The van der Waals surface area contributed by atoms with E-state index in [9.17, 15) is 4.79 Å². The van der Waals surface area contributed by atoms with Crippen LogP contribution in [0, 0.1) is 17.8 Å². The van der Waals surface area contributed by atoms with Crippen LogP contribution in [-0.4, -0.2) is 82.0 Å². The summed E-state index contributed by atoms with van der Waals surface area (Å²) in [5.74, 6) is -1.15. The Morgan fingerprint density at radius 2 is 1.07 bits per heavy atom. The first-order chi connectivity index (χ1) is 23.8. The number of Topliss-reactive ketones (excluding diaryl/α,β-unsaturated/α-hetero) is 2. The third-order valence-corrected chi connectivity index (χ3v) is 32.1. The van der Waals surface area contributed by atoms with Crippen LogP contribution in [0.4, 0.5) is 0 Å². The van der Waals surface area contributed by atoms with Gasteiger partial charge in [-0.2, -0.15) is 0 Å². The van der Waals surface area contributed by atoms with E-state index in [2.05, 4.69) is 161 Å². The number of hydrogen-bond acceptors (Lipinski definition) is 7. The average Bonchev–Trinajstić information content (AvgIpc) is 3.66. The van der Waals surface area contributed by atoms with Crippen LogP contribution in [0.1, 0.15) is 124 Å². The summed E-state index contributed by atoms with van der Waals surface area (Å²) in [7, 11) is -9.57. The Hall–Kier alpha value is -0.252. The van der Waals surface area contributed by atoms with Crippen molar-refractivity contribution in [2.75, 3.05) is 13.2 Å². The van der Waals surface area contributed by atoms with Crippen LogP contribution in [0.15, 0.2) is 12.2 Å². The Morgan fingerprint density at radius 3 is 1.44 bits per heavy atom. The van der Waals surface area contributed by atoms with Crippen molar-refractivity contribution in [2.24, 2.45) is 17.8 Å². The molecule has 11 heteroatoms. The molecular formula is C43H88O7Si4. The molecule has 7 atom stereocenters. The molecule has 0 spiro atoms. The molecule has 0 unspecified atom stereocenters. The molecule has 1 aliphatic heterocycles. The molecule has 318 valence electrons. The molecule has 54 heavy (non-hydrogen) atoms. The van der Waals surface area contributed by atoms with Crippen LogP contribution in [0.25, 0.3) is 0 Å². The second-order valence-electron chi connectivity index (χ2n) is 22.7. The highest BCUT2D eigenvalue weighted by Crippen LogP contribution is 2.52. The topological polar surface area (TPSA) is 83.6 Å². The zero-order valence-corrected chi connectivity index (χ0v) is 43.8. The van der Waals surface area contributed by atoms with Gasteiger partial charge in [0.15, 0.2) is 33.3 Å². The van der Waals surface area contributed by atoms with E-state index in [-0.39, 0.29) is 63.4 Å². The zero-order valence-electron chi connectivity index (χ0n) is 39.8. The molecule has 0 aromatic heterocycles. The first kappa shape index (κ1) is 51.8. The number of hydrogen-bond donors (Lipinski definition) is 0. The van der Waals surface area contributed by atoms with E-state index in [4.69, 9.17) is 22.4 Å². The second-order valence-corrected chi connectivity index (χ2v) is 41.8. The lowest BCUT2D eigenvalue weighted by molar-refractivity contribution is -0.139. The fourth-order valence-electron chi connectivity index (χ4n) is 5.78. The quantitative estimate of drug-likeness (QED) is 0.0686. The summed E-state index contributed by atoms with van der Waals surface area (Å²) >= 11 is 0. The molecule has 0 aromatic rings. The molecule has 1 fully saturated rings. The van der Waals surface area contributed by atoms with Gasteiger partial charge in [0.25, 0.3) is 0 Å². The normalized spacial score (nSPS) is 22.6. The van der Waals surface area contributed by atoms with E-state index >= 15 is 4.79 Å². The third kappa shape index (κ3) is 12.9. The number of ketones is 2. The van der Waals surface area contributed by atoms with Gasteiger partial charge in [-0.15, -0.1) is 0 Å². The molecular weight excluding hydrogens is 741 g/mol. The van der Waals surface area contributed by atoms with Crippen molar-refractivity contribution >= 4 is 44.8 Å². The predicted octanol–water partition coefficient (Wildman–Crippen LogP) is 12.4. The van der Waals surface area contributed by atoms with Crippen molar-refractivity contribution in [1.82, 2.24) is 0 Å². The summed E-state index contributed by atoms with van der Waals surface area (Å²) in [4.78, 5) is 29.5. The molecule has 0 N–H and O–H groups in total. The minimum atomic E-state index is -2.47. The van der Waals surface area contributed by atoms with Gasteiger partial charge >= 0.3 is 0 Å². The van der Waals surface area contributed by atoms with Gasteiger partial charge in [-0.1, -0.05) is 109 Å². The molecule has 1 saturated heterocycles. The summed E-state index contributed by atoms with van der Waals surface area (Å²) in [6.45, 7) is 53.2. The smallest absolute Gasteiger partial charge is 0.192 e. The maximum atomic E-state index is 16.0. The number of epoxide rings is 1. The summed E-state index contributed by atoms with van der Waals surface area (Å²) < 4.78 is 35.5. The van der Waals surface area contributed by atoms with Crippen LogP contribution in [0.3, 0.4) is 0 Å². The molecule has 1 heterocycles. The van der Waals surface area contributed by atoms with Gasteiger partial charge in [0, 0.05) is 32.0 Å². The minimum Gasteiger partial charge on any atom is -0.416 e. The highest BCUT2D eigenvalue weighted by atomic mass is 28.4. The molecule has 0 bridgehead atoms. The molecule has 0 amide bonds. The first-order valence-electron chi connectivity index (χ1n) is 20.8. The average molecular weight is 830 g/mol. The second kappa shape index (κ2) is 17.9. The number of carbonyl (C=O) groups excluding carboxylic acids is 2. The standard InChI is InChI=1S/C43H88O7Si4/c1-25-27-31(3)37-43(16,48-37)38(50-54(23,24)42(13,14)15)34(30-47-52(19,20)40(7,8)9)36(45)33(29-46-51(17,18)39(4,5)6)35(28-32(44)26-2)49-53(21,22)41(10,11)12/h25,27,31,33-35,37-38H,26,28-30H2,1-24H3/b27-25-/t31-,33-,34-,35+,37+,38-,43+/m0/s1. The van der Waals surface area contributed by atoms with Gasteiger partial charge in [0.1, 0.15) is 17.2 Å². The Kier molecular flexibility index (Phi) is 17.2. The molecule has 7 nitrogen and oxygen atoms in total. The summed E-state index contributed by atoms with van der Waals surface area (Å²) in [6.07, 6.45) is 3.48. The summed E-state index contributed by atoms with van der Waals surface area (Å²) in [5, 5.41) is -0.370. The fourth-order valence-corrected chi connectivity index (χ4v) is 10.6. The van der Waals surface area contributed by atoms with E-state index in [1.807, 2.05) is 13.8 Å². The Labute approximate surface area is 338 Å². The van der Waals surface area contributed by atoms with Gasteiger partial charge in [-0.25, -0.2) is 0 Å². The lowest BCUT2D eigenvalue weighted by Crippen LogP contribution is -2.57. The van der Waals surface area contributed by atoms with E-state index in [1.165, 1.54) is 0 Å². The minimum absolute atomic E-state index is 0.00194. The van der Waals surface area contributed by atoms with E-state index in [1.54, 1.807) is 0 Å². The molecule has 0 saturated carbocycles. The summed E-state index contributed by atoms with van der Waals surface area (Å²) in [6, 6.07) is 0. The Bertz CT molecular complexity index is 1280. The van der Waals surface area contributed by atoms with Crippen molar-refractivity contribution in [3.63, 3.8) is 0 Å². The SMILES string of the molecule is C/C=C\[C@H](C)[C@H]1O[C@@]1(C)[C@@H](O[Si](C)(C)C(C)(C)C)[C@@H](CO[Si](C)(C)C(C)(C)C)C(=O)[C@@H](CO[Si](C)(C)C(C)(C)C)[C@@H](CC(=O)CC)O[Si](C)(C)C(C)(C)C. The van der Waals surface area contributed by atoms with E-state index in [0.29, 0.717) is 6.42 Å². The maximum absolute atomic E-state index is 16.0. The largest absolute Gasteiger partial charge is 0.416 e. The number of allylic oxidation sites excluding steroid dienone is 1. The van der Waals surface area contributed by atoms with Crippen molar-refractivity contribution in [1.29, 1.82) is 0 Å². The first-order valence-corrected chi connectivity index (χ1v) is 32.5. The van der Waals surface area contributed by atoms with Crippen molar-refractivity contribution in [3.05, 3.63) is 12.2 Å². The molecule has 0 radical (unpaired) electrons. The Morgan fingerprint density at radius 1 is 0.685 bits per heavy atom. The predicted molar refractivity (Wildman–Crippen MR) is 240 cm³/mol. The molecule has 0 aliphatic carbocycles. The highest BCUT2D eigenvalue weighted by Gasteiger charge is 2.65. The lowest BCUT2D eigenvalue weighted by atomic mass is 9.79. The van der Waals surface area contributed by atoms with Crippen LogP contribution in [-0.2, 0) is 32.0 Å². The Balaban J connectivity index is 4.25. The monoisotopic (exact) mass is 829 g/mol. The maximum Gasteiger partial charge on any atom is 0.192 e. The van der Waals surface area contributed by atoms with Crippen molar-refractivity contribution in [2.45, 2.75) is 220 Å². The summed E-state index contributed by atoms with van der Waals surface area (Å²) in [5.41, 5.74) is -0.717. The highest BCUT2D eigenvalue weighted by molar-refractivity contribution is 6.75. The van der Waals surface area contributed by atoms with Gasteiger partial charge < -0.3 is 22.4 Å². The van der Waals surface area contributed by atoms with Crippen LogP contribution in [0.5, 0.6) is 0 Å². The fraction of sp³-hybridized carbons (Fsp3) is 0.907. The van der Waals surface area contributed by atoms with Gasteiger partial charge in [-0.05, 0) is 86.4 Å². The number of carbonyl (C=O) groups is 2. The van der Waals surface area contributed by atoms with Crippen molar-refractivity contribution in [3.8, 4) is 0 Å². The van der Waals surface area contributed by atoms with Gasteiger partial charge in [0.05, 0.1) is 30.1 Å². The van der Waals surface area contributed by atoms with Crippen LogP contribution in [0.2, 0.25) is 72.5 Å². The molecule has 0 aromatic carbocycles. The van der Waals surface area contributed by atoms with Crippen LogP contribution >= 0.6 is 0 Å². The third-order valence-electron chi connectivity index (χ3n) is 14.1. The zero-order chi connectivity index (χ0) is 42.9. The van der Waals surface area contributed by atoms with Crippen molar-refractivity contribution < 1.29 is 32.0 Å². The molecule has 1 rings (SSSR count).